The third-order valence-corrected chi connectivity index (χ3v) is 6.00. The SMILES string of the molecule is O=C1OCC[C@H]1CCN1CCC[C@H](c2[nH]ncc2CN2CCOCC2)C1. The largest absolute Gasteiger partial charge is 0.465 e. The maximum Gasteiger partial charge on any atom is 0.309 e. The van der Waals surface area contributed by atoms with Crippen LogP contribution in [0.1, 0.15) is 42.9 Å². The number of aromatic nitrogens is 2. The first-order valence-electron chi connectivity index (χ1n) is 10.0. The van der Waals surface area contributed by atoms with Crippen LogP contribution in [0.3, 0.4) is 0 Å². The van der Waals surface area contributed by atoms with Gasteiger partial charge in [-0.15, -0.1) is 0 Å². The van der Waals surface area contributed by atoms with Gasteiger partial charge in [-0.2, -0.15) is 5.10 Å². The van der Waals surface area contributed by atoms with Crippen molar-refractivity contribution in [3.8, 4) is 0 Å². The lowest BCUT2D eigenvalue weighted by Crippen LogP contribution is -2.37. The average molecular weight is 362 g/mol. The Morgan fingerprint density at radius 1 is 1.15 bits per heavy atom. The standard InChI is InChI=1S/C19H30N4O3/c24-19-15(4-9-26-19)3-6-22-5-1-2-16(13-22)18-17(12-20-21-18)14-23-7-10-25-11-8-23/h12,15-16H,1-11,13-14H2,(H,20,21)/t15-,16+/m1/s1. The number of hydrogen-bond donors (Lipinski definition) is 1. The minimum absolute atomic E-state index is 0.0000697. The molecule has 4 heterocycles. The molecule has 1 N–H and O–H groups in total. The van der Waals surface area contributed by atoms with Crippen LogP contribution < -0.4 is 0 Å². The van der Waals surface area contributed by atoms with Gasteiger partial charge in [-0.3, -0.25) is 14.8 Å². The second kappa shape index (κ2) is 8.50. The zero-order valence-corrected chi connectivity index (χ0v) is 15.5. The summed E-state index contributed by atoms with van der Waals surface area (Å²) in [6, 6.07) is 0. The van der Waals surface area contributed by atoms with Gasteiger partial charge in [0.05, 0.1) is 31.9 Å². The molecule has 1 aromatic heterocycles. The number of cyclic esters (lactones) is 1. The maximum atomic E-state index is 11.7. The van der Waals surface area contributed by atoms with E-state index in [-0.39, 0.29) is 11.9 Å². The summed E-state index contributed by atoms with van der Waals surface area (Å²) in [7, 11) is 0. The first-order chi connectivity index (χ1) is 12.8. The summed E-state index contributed by atoms with van der Waals surface area (Å²) in [5.74, 6) is 0.622. The Hall–Kier alpha value is -1.44. The topological polar surface area (TPSA) is 70.7 Å². The van der Waals surface area contributed by atoms with E-state index < -0.39 is 0 Å². The molecular formula is C19H30N4O3. The summed E-state index contributed by atoms with van der Waals surface area (Å²) in [6.07, 6.45) is 6.23. The van der Waals surface area contributed by atoms with E-state index in [1.807, 2.05) is 6.20 Å². The summed E-state index contributed by atoms with van der Waals surface area (Å²) in [5.41, 5.74) is 2.64. The maximum absolute atomic E-state index is 11.7. The van der Waals surface area contributed by atoms with Crippen molar-refractivity contribution in [3.63, 3.8) is 0 Å². The molecule has 7 nitrogen and oxygen atoms in total. The molecule has 144 valence electrons. The number of H-pyrrole nitrogens is 1. The van der Waals surface area contributed by atoms with Gasteiger partial charge < -0.3 is 14.4 Å². The van der Waals surface area contributed by atoms with Crippen LogP contribution in [0.25, 0.3) is 0 Å². The lowest BCUT2D eigenvalue weighted by molar-refractivity contribution is -0.141. The van der Waals surface area contributed by atoms with E-state index in [1.165, 1.54) is 24.1 Å². The minimum Gasteiger partial charge on any atom is -0.465 e. The van der Waals surface area contributed by atoms with Crippen LogP contribution in [0, 0.1) is 5.92 Å². The molecule has 0 unspecified atom stereocenters. The van der Waals surface area contributed by atoms with Crippen molar-refractivity contribution in [1.29, 1.82) is 0 Å². The average Bonchev–Trinajstić information content (AvgIpc) is 3.30. The number of ether oxygens (including phenoxy) is 2. The number of nitrogens with zero attached hydrogens (tertiary/aromatic N) is 3. The lowest BCUT2D eigenvalue weighted by Gasteiger charge is -2.33. The molecule has 26 heavy (non-hydrogen) atoms. The number of aromatic amines is 1. The van der Waals surface area contributed by atoms with Crippen LogP contribution in [0.15, 0.2) is 6.20 Å². The molecule has 0 aliphatic carbocycles. The number of esters is 1. The van der Waals surface area contributed by atoms with Crippen LogP contribution in [0.4, 0.5) is 0 Å². The number of rotatable bonds is 6. The zero-order chi connectivity index (χ0) is 17.8. The molecule has 3 saturated heterocycles. The number of morpholine rings is 1. The summed E-state index contributed by atoms with van der Waals surface area (Å²) in [6.45, 7) is 8.39. The summed E-state index contributed by atoms with van der Waals surface area (Å²) in [4.78, 5) is 16.6. The molecule has 0 aromatic carbocycles. The quantitative estimate of drug-likeness (QED) is 0.771. The Kier molecular flexibility index (Phi) is 5.87. The van der Waals surface area contributed by atoms with E-state index in [1.54, 1.807) is 0 Å². The Labute approximate surface area is 155 Å². The van der Waals surface area contributed by atoms with E-state index in [0.717, 1.165) is 65.3 Å². The number of likely N-dealkylation sites (tertiary alicyclic amines) is 1. The first-order valence-corrected chi connectivity index (χ1v) is 10.0. The highest BCUT2D eigenvalue weighted by molar-refractivity contribution is 5.74. The normalized spacial score (nSPS) is 28.4. The van der Waals surface area contributed by atoms with Gasteiger partial charge in [0.2, 0.25) is 0 Å². The third kappa shape index (κ3) is 4.27. The van der Waals surface area contributed by atoms with E-state index in [4.69, 9.17) is 9.47 Å². The Balaban J connectivity index is 1.32. The molecule has 2 atom stereocenters. The highest BCUT2D eigenvalue weighted by Crippen LogP contribution is 2.29. The van der Waals surface area contributed by atoms with Crippen molar-refractivity contribution in [3.05, 3.63) is 17.5 Å². The summed E-state index contributed by atoms with van der Waals surface area (Å²) < 4.78 is 10.5. The monoisotopic (exact) mass is 362 g/mol. The molecule has 3 aliphatic rings. The smallest absolute Gasteiger partial charge is 0.309 e. The van der Waals surface area contributed by atoms with Crippen LogP contribution in [0.2, 0.25) is 0 Å². The summed E-state index contributed by atoms with van der Waals surface area (Å²) in [5, 5.41) is 7.63. The van der Waals surface area contributed by atoms with Crippen molar-refractivity contribution in [2.24, 2.45) is 5.92 Å². The first kappa shape index (κ1) is 17.9. The Morgan fingerprint density at radius 3 is 2.85 bits per heavy atom. The van der Waals surface area contributed by atoms with Gasteiger partial charge in [0.25, 0.3) is 0 Å². The molecule has 3 aliphatic heterocycles. The van der Waals surface area contributed by atoms with Gasteiger partial charge in [0.15, 0.2) is 0 Å². The van der Waals surface area contributed by atoms with E-state index in [2.05, 4.69) is 20.0 Å². The Bertz CT molecular complexity index is 599. The van der Waals surface area contributed by atoms with E-state index >= 15 is 0 Å². The molecule has 0 radical (unpaired) electrons. The third-order valence-electron chi connectivity index (χ3n) is 6.00. The number of carbonyl (C=O) groups excluding carboxylic acids is 1. The number of carbonyl (C=O) groups is 1. The molecule has 4 rings (SSSR count). The van der Waals surface area contributed by atoms with Gasteiger partial charge in [0, 0.05) is 43.4 Å². The highest BCUT2D eigenvalue weighted by atomic mass is 16.5. The molecule has 0 saturated carbocycles. The number of piperidine rings is 1. The zero-order valence-electron chi connectivity index (χ0n) is 15.5. The van der Waals surface area contributed by atoms with Crippen LogP contribution in [-0.2, 0) is 20.8 Å². The molecule has 0 bridgehead atoms. The van der Waals surface area contributed by atoms with Crippen molar-refractivity contribution in [2.75, 3.05) is 52.5 Å². The second-order valence-corrected chi connectivity index (χ2v) is 7.78. The molecular weight excluding hydrogens is 332 g/mol. The second-order valence-electron chi connectivity index (χ2n) is 7.78. The molecule has 1 aromatic rings. The number of hydrogen-bond acceptors (Lipinski definition) is 6. The van der Waals surface area contributed by atoms with Crippen molar-refractivity contribution >= 4 is 5.97 Å². The van der Waals surface area contributed by atoms with Crippen LogP contribution in [-0.4, -0.2) is 78.5 Å². The molecule has 0 spiro atoms. The predicted octanol–water partition coefficient (Wildman–Crippen LogP) is 1.37. The van der Waals surface area contributed by atoms with E-state index in [9.17, 15) is 4.79 Å². The van der Waals surface area contributed by atoms with Crippen molar-refractivity contribution in [1.82, 2.24) is 20.0 Å². The van der Waals surface area contributed by atoms with Gasteiger partial charge in [-0.05, 0) is 38.8 Å². The van der Waals surface area contributed by atoms with Gasteiger partial charge in [-0.25, -0.2) is 0 Å². The van der Waals surface area contributed by atoms with Gasteiger partial charge in [-0.1, -0.05) is 0 Å². The van der Waals surface area contributed by atoms with Crippen LogP contribution in [0.5, 0.6) is 0 Å². The van der Waals surface area contributed by atoms with Gasteiger partial charge >= 0.3 is 5.97 Å². The molecule has 3 fully saturated rings. The summed E-state index contributed by atoms with van der Waals surface area (Å²) >= 11 is 0. The highest BCUT2D eigenvalue weighted by Gasteiger charge is 2.29. The van der Waals surface area contributed by atoms with Crippen LogP contribution >= 0.6 is 0 Å². The predicted molar refractivity (Wildman–Crippen MR) is 96.8 cm³/mol. The minimum atomic E-state index is -0.0000697. The number of nitrogens with one attached hydrogen (secondary N) is 1. The van der Waals surface area contributed by atoms with E-state index in [0.29, 0.717) is 12.5 Å². The van der Waals surface area contributed by atoms with Crippen molar-refractivity contribution in [2.45, 2.75) is 38.1 Å². The molecule has 7 heteroatoms. The fourth-order valence-corrected chi connectivity index (χ4v) is 4.43. The van der Waals surface area contributed by atoms with Gasteiger partial charge in [0.1, 0.15) is 0 Å². The van der Waals surface area contributed by atoms with Crippen molar-refractivity contribution < 1.29 is 14.3 Å². The Morgan fingerprint density at radius 2 is 2.04 bits per heavy atom. The lowest BCUT2D eigenvalue weighted by atomic mass is 9.92. The molecule has 0 amide bonds. The fraction of sp³-hybridized carbons (Fsp3) is 0.789. The fourth-order valence-electron chi connectivity index (χ4n) is 4.43.